The fourth-order valence-electron chi connectivity index (χ4n) is 2.63. The van der Waals surface area contributed by atoms with E-state index in [0.29, 0.717) is 5.69 Å². The molecule has 30 heavy (non-hydrogen) atoms. The Kier molecular flexibility index (Phi) is 6.17. The normalized spacial score (nSPS) is 11.0. The molecule has 2 N–H and O–H groups in total. The largest absolute Gasteiger partial charge is 0.495 e. The number of benzene rings is 2. The molecular weight excluding hydrogens is 413 g/mol. The molecule has 0 fully saturated rings. The molecule has 0 atom stereocenters. The average Bonchev–Trinajstić information content (AvgIpc) is 2.70. The molecule has 0 aliphatic carbocycles. The second-order valence-corrected chi connectivity index (χ2v) is 7.87. The molecule has 0 saturated heterocycles. The number of rotatable bonds is 7. The number of hydrogen-bond acceptors (Lipinski definition) is 5. The van der Waals surface area contributed by atoms with Crippen LogP contribution in [0, 0.1) is 5.82 Å². The van der Waals surface area contributed by atoms with Crippen LogP contribution < -0.4 is 20.3 Å². The van der Waals surface area contributed by atoms with Gasteiger partial charge in [0.25, 0.3) is 15.6 Å². The fourth-order valence-corrected chi connectivity index (χ4v) is 3.69. The smallest absolute Gasteiger partial charge is 0.262 e. The van der Waals surface area contributed by atoms with Gasteiger partial charge < -0.3 is 14.6 Å². The zero-order chi connectivity index (χ0) is 21.7. The molecule has 0 aliphatic rings. The first-order chi connectivity index (χ1) is 14.3. The minimum atomic E-state index is -4.02. The van der Waals surface area contributed by atoms with Crippen molar-refractivity contribution in [3.05, 3.63) is 83.0 Å². The van der Waals surface area contributed by atoms with Crippen LogP contribution in [0.15, 0.2) is 76.6 Å². The zero-order valence-electron chi connectivity index (χ0n) is 15.8. The number of anilines is 2. The summed E-state index contributed by atoms with van der Waals surface area (Å²) in [5, 5.41) is 2.60. The Bertz CT molecular complexity index is 1220. The minimum absolute atomic E-state index is 0.0801. The van der Waals surface area contributed by atoms with E-state index in [1.165, 1.54) is 42.1 Å². The summed E-state index contributed by atoms with van der Waals surface area (Å²) in [5.74, 6) is -0.812. The van der Waals surface area contributed by atoms with E-state index in [1.54, 1.807) is 12.1 Å². The summed E-state index contributed by atoms with van der Waals surface area (Å²) >= 11 is 0. The molecule has 8 nitrogen and oxygen atoms in total. The van der Waals surface area contributed by atoms with Gasteiger partial charge in [-0.05, 0) is 48.5 Å². The Morgan fingerprint density at radius 2 is 1.83 bits per heavy atom. The van der Waals surface area contributed by atoms with Gasteiger partial charge in [-0.15, -0.1) is 0 Å². The summed E-state index contributed by atoms with van der Waals surface area (Å²) in [6.07, 6.45) is 1.48. The summed E-state index contributed by atoms with van der Waals surface area (Å²) in [5.41, 5.74) is 0.0493. The van der Waals surface area contributed by atoms with E-state index in [2.05, 4.69) is 10.0 Å². The topological polar surface area (TPSA) is 106 Å². The highest BCUT2D eigenvalue weighted by atomic mass is 32.2. The van der Waals surface area contributed by atoms with E-state index in [-0.39, 0.29) is 28.4 Å². The predicted octanol–water partition coefficient (Wildman–Crippen LogP) is 2.44. The van der Waals surface area contributed by atoms with Crippen molar-refractivity contribution in [2.24, 2.45) is 0 Å². The first kappa shape index (κ1) is 21.1. The van der Waals surface area contributed by atoms with Crippen molar-refractivity contribution < 1.29 is 22.3 Å². The molecular formula is C20H18FN3O5S. The summed E-state index contributed by atoms with van der Waals surface area (Å²) in [6, 6.07) is 13.3. The molecule has 1 aromatic heterocycles. The van der Waals surface area contributed by atoms with Crippen molar-refractivity contribution in [3.63, 3.8) is 0 Å². The second kappa shape index (κ2) is 8.78. The van der Waals surface area contributed by atoms with Crippen LogP contribution in [-0.4, -0.2) is 26.0 Å². The van der Waals surface area contributed by atoms with E-state index in [4.69, 9.17) is 4.74 Å². The number of nitrogens with one attached hydrogen (secondary N) is 2. The van der Waals surface area contributed by atoms with Crippen LogP contribution in [-0.2, 0) is 21.4 Å². The molecule has 156 valence electrons. The van der Waals surface area contributed by atoms with Gasteiger partial charge in [0.05, 0.1) is 17.7 Å². The minimum Gasteiger partial charge on any atom is -0.495 e. The van der Waals surface area contributed by atoms with Crippen molar-refractivity contribution in [2.45, 2.75) is 11.4 Å². The maximum atomic E-state index is 13.1. The number of halogens is 1. The molecule has 2 aromatic carbocycles. The van der Waals surface area contributed by atoms with Gasteiger partial charge in [-0.2, -0.15) is 0 Å². The SMILES string of the molecule is COc1ccc(NC(=O)Cn2ccccc2=O)cc1NS(=O)(=O)c1ccc(F)cc1. The van der Waals surface area contributed by atoms with E-state index >= 15 is 0 Å². The molecule has 0 aliphatic heterocycles. The third kappa shape index (κ3) is 5.03. The number of methoxy groups -OCH3 is 1. The molecule has 0 radical (unpaired) electrons. The predicted molar refractivity (Wildman–Crippen MR) is 110 cm³/mol. The Hall–Kier alpha value is -3.66. The maximum Gasteiger partial charge on any atom is 0.262 e. The van der Waals surface area contributed by atoms with Crippen molar-refractivity contribution in [3.8, 4) is 5.75 Å². The Morgan fingerprint density at radius 3 is 2.50 bits per heavy atom. The van der Waals surface area contributed by atoms with E-state index in [0.717, 1.165) is 24.3 Å². The number of amides is 1. The summed E-state index contributed by atoms with van der Waals surface area (Å²) < 4.78 is 47.0. The Labute approximate surface area is 172 Å². The fraction of sp³-hybridized carbons (Fsp3) is 0.100. The Balaban J connectivity index is 1.81. The lowest BCUT2D eigenvalue weighted by Crippen LogP contribution is -2.26. The molecule has 0 bridgehead atoms. The molecule has 3 aromatic rings. The number of hydrogen-bond donors (Lipinski definition) is 2. The molecule has 1 amide bonds. The van der Waals surface area contributed by atoms with E-state index in [1.807, 2.05) is 0 Å². The molecule has 10 heteroatoms. The third-order valence-electron chi connectivity index (χ3n) is 4.06. The van der Waals surface area contributed by atoms with Crippen LogP contribution in [0.5, 0.6) is 5.75 Å². The standard InChI is InChI=1S/C20H18FN3O5S/c1-29-18-10-7-15(22-19(25)13-24-11-3-2-4-20(24)26)12-17(18)23-30(27,28)16-8-5-14(21)6-9-16/h2-12,23H,13H2,1H3,(H,22,25). The van der Waals surface area contributed by atoms with Gasteiger partial charge in [-0.25, -0.2) is 12.8 Å². The number of nitrogens with zero attached hydrogens (tertiary/aromatic N) is 1. The van der Waals surface area contributed by atoms with Crippen LogP contribution in [0.2, 0.25) is 0 Å². The number of sulfonamides is 1. The lowest BCUT2D eigenvalue weighted by Gasteiger charge is -2.14. The quantitative estimate of drug-likeness (QED) is 0.598. The van der Waals surface area contributed by atoms with Crippen LogP contribution >= 0.6 is 0 Å². The van der Waals surface area contributed by atoms with E-state index < -0.39 is 21.7 Å². The highest BCUT2D eigenvalue weighted by Crippen LogP contribution is 2.30. The molecule has 0 saturated carbocycles. The third-order valence-corrected chi connectivity index (χ3v) is 5.45. The van der Waals surface area contributed by atoms with Crippen molar-refractivity contribution in [2.75, 3.05) is 17.1 Å². The zero-order valence-corrected chi connectivity index (χ0v) is 16.6. The van der Waals surface area contributed by atoms with Crippen LogP contribution in [0.25, 0.3) is 0 Å². The van der Waals surface area contributed by atoms with Crippen molar-refractivity contribution >= 4 is 27.3 Å². The summed E-state index contributed by atoms with van der Waals surface area (Å²) in [4.78, 5) is 23.9. The van der Waals surface area contributed by atoms with Gasteiger partial charge in [0, 0.05) is 18.0 Å². The van der Waals surface area contributed by atoms with Crippen molar-refractivity contribution in [1.82, 2.24) is 4.57 Å². The van der Waals surface area contributed by atoms with Gasteiger partial charge in [0.1, 0.15) is 18.1 Å². The number of carbonyl (C=O) groups excluding carboxylic acids is 1. The van der Waals surface area contributed by atoms with Gasteiger partial charge in [-0.3, -0.25) is 14.3 Å². The lowest BCUT2D eigenvalue weighted by molar-refractivity contribution is -0.116. The number of carbonyl (C=O) groups is 1. The average molecular weight is 431 g/mol. The maximum absolute atomic E-state index is 13.1. The molecule has 0 unspecified atom stereocenters. The summed E-state index contributed by atoms with van der Waals surface area (Å²) in [7, 11) is -2.65. The highest BCUT2D eigenvalue weighted by molar-refractivity contribution is 7.92. The van der Waals surface area contributed by atoms with Crippen LogP contribution in [0.3, 0.4) is 0 Å². The van der Waals surface area contributed by atoms with E-state index in [9.17, 15) is 22.4 Å². The lowest BCUT2D eigenvalue weighted by atomic mass is 10.2. The van der Waals surface area contributed by atoms with Gasteiger partial charge >= 0.3 is 0 Å². The van der Waals surface area contributed by atoms with Crippen LogP contribution in [0.1, 0.15) is 0 Å². The Morgan fingerprint density at radius 1 is 1.10 bits per heavy atom. The van der Waals surface area contributed by atoms with Crippen molar-refractivity contribution in [1.29, 1.82) is 0 Å². The van der Waals surface area contributed by atoms with Gasteiger partial charge in [0.15, 0.2) is 0 Å². The van der Waals surface area contributed by atoms with Gasteiger partial charge in [0.2, 0.25) is 5.91 Å². The number of ether oxygens (including phenoxy) is 1. The summed E-state index contributed by atoms with van der Waals surface area (Å²) in [6.45, 7) is -0.206. The number of pyridine rings is 1. The number of aromatic nitrogens is 1. The molecule has 1 heterocycles. The first-order valence-corrected chi connectivity index (χ1v) is 10.2. The molecule has 0 spiro atoms. The first-order valence-electron chi connectivity index (χ1n) is 8.70. The van der Waals surface area contributed by atoms with Gasteiger partial charge in [-0.1, -0.05) is 6.07 Å². The molecule has 3 rings (SSSR count). The monoisotopic (exact) mass is 431 g/mol. The van der Waals surface area contributed by atoms with Crippen LogP contribution in [0.4, 0.5) is 15.8 Å². The highest BCUT2D eigenvalue weighted by Gasteiger charge is 2.17. The second-order valence-electron chi connectivity index (χ2n) is 6.19.